The van der Waals surface area contributed by atoms with Crippen molar-refractivity contribution in [2.24, 2.45) is 0 Å². The van der Waals surface area contributed by atoms with E-state index in [4.69, 9.17) is 23.5 Å². The van der Waals surface area contributed by atoms with E-state index >= 15 is 0 Å². The predicted molar refractivity (Wildman–Crippen MR) is 234 cm³/mol. The third kappa shape index (κ3) is 31.8. The van der Waals surface area contributed by atoms with Crippen LogP contribution in [0.25, 0.3) is 0 Å². The molecule has 1 aliphatic heterocycles. The summed E-state index contributed by atoms with van der Waals surface area (Å²) in [6.07, 6.45) is 34.6. The molecule has 0 bridgehead atoms. The standard InChI is InChI=1S/C46H84O12S/c1-3-5-7-9-11-13-15-17-18-19-20-21-22-24-26-28-30-32-34-36-54-38-40(39-55-46-44(50)45(58-59(51,52)53)43(49)41(37-47)57-46)56-42(48)35-33-31-29-27-25-23-16-14-12-10-8-6-4-2/h8,10,14,16,18-19,40-41,43-47,49-50H,3-7,9,11-13,15,17,20-39H2,1-2H3,(H,51,52,53)/b10-8-,16-14-,19-18-. The molecule has 0 aromatic rings. The summed E-state index contributed by atoms with van der Waals surface area (Å²) < 4.78 is 59.0. The monoisotopic (exact) mass is 861 g/mol. The summed E-state index contributed by atoms with van der Waals surface area (Å²) in [6, 6.07) is 0. The zero-order chi connectivity index (χ0) is 43.2. The number of rotatable bonds is 40. The van der Waals surface area contributed by atoms with Gasteiger partial charge in [-0.3, -0.25) is 9.35 Å². The molecular weight excluding hydrogens is 777 g/mol. The second-order valence-corrected chi connectivity index (χ2v) is 17.0. The minimum Gasteiger partial charge on any atom is -0.457 e. The van der Waals surface area contributed by atoms with Crippen LogP contribution in [0.5, 0.6) is 0 Å². The van der Waals surface area contributed by atoms with Gasteiger partial charge in [0.15, 0.2) is 6.29 Å². The Balaban J connectivity index is 2.40. The minimum atomic E-state index is -5.06. The van der Waals surface area contributed by atoms with Crippen LogP contribution in [0.1, 0.15) is 187 Å². The second kappa shape index (κ2) is 38.0. The Kier molecular flexibility index (Phi) is 35.7. The van der Waals surface area contributed by atoms with Crippen molar-refractivity contribution >= 4 is 16.4 Å². The molecule has 0 amide bonds. The van der Waals surface area contributed by atoms with Crippen LogP contribution in [0.15, 0.2) is 36.5 Å². The van der Waals surface area contributed by atoms with Gasteiger partial charge in [0.05, 0.1) is 19.8 Å². The summed E-state index contributed by atoms with van der Waals surface area (Å²) >= 11 is 0. The van der Waals surface area contributed by atoms with E-state index in [1.807, 2.05) is 0 Å². The first-order chi connectivity index (χ1) is 28.6. The summed E-state index contributed by atoms with van der Waals surface area (Å²) in [5.74, 6) is -0.415. The normalized spacial score (nSPS) is 20.7. The van der Waals surface area contributed by atoms with Gasteiger partial charge in [-0.2, -0.15) is 8.42 Å². The SMILES string of the molecule is CCC/C=C\C/C=C\CCCCCCCC(=O)OC(COCCCCCCCCCC/C=C\CCCCCCCCC)COC1OC(CO)C(O)C(OS(=O)(=O)O)C1O. The molecule has 1 rings (SSSR count). The summed E-state index contributed by atoms with van der Waals surface area (Å²) in [5, 5.41) is 30.7. The van der Waals surface area contributed by atoms with Gasteiger partial charge in [0, 0.05) is 13.0 Å². The van der Waals surface area contributed by atoms with Crippen molar-refractivity contribution in [2.45, 2.75) is 224 Å². The Morgan fingerprint density at radius 2 is 1.15 bits per heavy atom. The molecule has 0 aromatic heterocycles. The predicted octanol–water partition coefficient (Wildman–Crippen LogP) is 9.80. The van der Waals surface area contributed by atoms with Gasteiger partial charge in [-0.15, -0.1) is 0 Å². The van der Waals surface area contributed by atoms with Crippen LogP contribution in [0.3, 0.4) is 0 Å². The maximum Gasteiger partial charge on any atom is 0.397 e. The maximum absolute atomic E-state index is 12.8. The molecule has 1 saturated heterocycles. The van der Waals surface area contributed by atoms with Gasteiger partial charge in [-0.25, -0.2) is 4.18 Å². The fourth-order valence-corrected chi connectivity index (χ4v) is 7.45. The number of esters is 1. The quantitative estimate of drug-likeness (QED) is 0.0199. The first-order valence-corrected chi connectivity index (χ1v) is 24.6. The van der Waals surface area contributed by atoms with Crippen molar-refractivity contribution in [2.75, 3.05) is 26.4 Å². The van der Waals surface area contributed by atoms with Crippen molar-refractivity contribution in [3.63, 3.8) is 0 Å². The highest BCUT2D eigenvalue weighted by atomic mass is 32.3. The van der Waals surface area contributed by atoms with E-state index in [2.05, 4.69) is 54.5 Å². The van der Waals surface area contributed by atoms with Crippen LogP contribution in [0.4, 0.5) is 0 Å². The van der Waals surface area contributed by atoms with Gasteiger partial charge in [0.2, 0.25) is 0 Å². The number of ether oxygens (including phenoxy) is 4. The van der Waals surface area contributed by atoms with E-state index in [0.29, 0.717) is 13.0 Å². The molecule has 6 atom stereocenters. The molecule has 0 spiro atoms. The van der Waals surface area contributed by atoms with E-state index in [0.717, 1.165) is 64.2 Å². The molecule has 1 heterocycles. The number of carbonyl (C=O) groups excluding carboxylic acids is 1. The largest absolute Gasteiger partial charge is 0.457 e. The van der Waals surface area contributed by atoms with Crippen LogP contribution >= 0.6 is 0 Å². The molecule has 1 aliphatic rings. The maximum atomic E-state index is 12.8. The topological polar surface area (TPSA) is 178 Å². The van der Waals surface area contributed by atoms with Crippen molar-refractivity contribution in [1.82, 2.24) is 0 Å². The number of allylic oxidation sites excluding steroid dienone is 6. The summed E-state index contributed by atoms with van der Waals surface area (Å²) in [7, 11) is -5.06. The fourth-order valence-electron chi connectivity index (χ4n) is 6.94. The molecule has 0 radical (unpaired) electrons. The summed E-state index contributed by atoms with van der Waals surface area (Å²) in [5.41, 5.74) is 0. The number of aliphatic hydroxyl groups is 3. The van der Waals surface area contributed by atoms with Crippen molar-refractivity contribution < 1.29 is 56.2 Å². The van der Waals surface area contributed by atoms with Gasteiger partial charge in [0.1, 0.15) is 30.5 Å². The van der Waals surface area contributed by atoms with Gasteiger partial charge in [-0.1, -0.05) is 153 Å². The second-order valence-electron chi connectivity index (χ2n) is 16.0. The van der Waals surface area contributed by atoms with Gasteiger partial charge in [-0.05, 0) is 64.2 Å². The number of carbonyl (C=O) groups is 1. The molecule has 0 aromatic carbocycles. The molecule has 1 fully saturated rings. The zero-order valence-corrected chi connectivity index (χ0v) is 37.6. The number of aliphatic hydroxyl groups excluding tert-OH is 3. The Bertz CT molecular complexity index is 1180. The molecular formula is C46H84O12S. The first-order valence-electron chi connectivity index (χ1n) is 23.2. The molecule has 6 unspecified atom stereocenters. The smallest absolute Gasteiger partial charge is 0.397 e. The highest BCUT2D eigenvalue weighted by Gasteiger charge is 2.48. The Morgan fingerprint density at radius 1 is 0.644 bits per heavy atom. The van der Waals surface area contributed by atoms with Crippen LogP contribution in [-0.4, -0.2) is 97.5 Å². The minimum absolute atomic E-state index is 0.0287. The van der Waals surface area contributed by atoms with Crippen molar-refractivity contribution in [1.29, 1.82) is 0 Å². The highest BCUT2D eigenvalue weighted by molar-refractivity contribution is 7.80. The van der Waals surface area contributed by atoms with Crippen LogP contribution in [-0.2, 0) is 38.3 Å². The third-order valence-electron chi connectivity index (χ3n) is 10.5. The van der Waals surface area contributed by atoms with E-state index < -0.39 is 59.8 Å². The number of hydrogen-bond acceptors (Lipinski definition) is 11. The van der Waals surface area contributed by atoms with E-state index in [-0.39, 0.29) is 19.6 Å². The fraction of sp³-hybridized carbons (Fsp3) is 0.848. The van der Waals surface area contributed by atoms with Gasteiger partial charge >= 0.3 is 16.4 Å². The summed E-state index contributed by atoms with van der Waals surface area (Å²) in [4.78, 5) is 12.8. The van der Waals surface area contributed by atoms with Gasteiger partial charge in [0.25, 0.3) is 0 Å². The third-order valence-corrected chi connectivity index (χ3v) is 10.9. The first kappa shape index (κ1) is 55.3. The van der Waals surface area contributed by atoms with E-state index in [9.17, 15) is 28.5 Å². The molecule has 4 N–H and O–H groups in total. The van der Waals surface area contributed by atoms with E-state index in [1.165, 1.54) is 96.3 Å². The van der Waals surface area contributed by atoms with Crippen LogP contribution < -0.4 is 0 Å². The average Bonchev–Trinajstić information content (AvgIpc) is 3.20. The lowest BCUT2D eigenvalue weighted by Gasteiger charge is -2.41. The Hall–Kier alpha value is -1.68. The zero-order valence-electron chi connectivity index (χ0n) is 36.8. The lowest BCUT2D eigenvalue weighted by Crippen LogP contribution is -2.60. The van der Waals surface area contributed by atoms with Crippen LogP contribution in [0, 0.1) is 0 Å². The van der Waals surface area contributed by atoms with Gasteiger partial charge < -0.3 is 34.3 Å². The molecule has 0 saturated carbocycles. The number of hydrogen-bond donors (Lipinski definition) is 4. The highest BCUT2D eigenvalue weighted by Crippen LogP contribution is 2.26. The van der Waals surface area contributed by atoms with Crippen LogP contribution in [0.2, 0.25) is 0 Å². The Labute approximate surface area is 358 Å². The van der Waals surface area contributed by atoms with Crippen molar-refractivity contribution in [3.8, 4) is 0 Å². The molecule has 12 nitrogen and oxygen atoms in total. The lowest BCUT2D eigenvalue weighted by atomic mass is 9.99. The van der Waals surface area contributed by atoms with Crippen molar-refractivity contribution in [3.05, 3.63) is 36.5 Å². The Morgan fingerprint density at radius 3 is 1.69 bits per heavy atom. The molecule has 346 valence electrons. The molecule has 0 aliphatic carbocycles. The number of unbranched alkanes of at least 4 members (excludes halogenated alkanes) is 21. The average molecular weight is 861 g/mol. The lowest BCUT2D eigenvalue weighted by molar-refractivity contribution is -0.301. The molecule has 13 heteroatoms. The molecule has 59 heavy (non-hydrogen) atoms. The summed E-state index contributed by atoms with van der Waals surface area (Å²) in [6.45, 7) is 3.90. The van der Waals surface area contributed by atoms with E-state index in [1.54, 1.807) is 0 Å².